The summed E-state index contributed by atoms with van der Waals surface area (Å²) in [5, 5.41) is 13.6. The van der Waals surface area contributed by atoms with Crippen LogP contribution in [0.3, 0.4) is 0 Å². The molecular weight excluding hydrogens is 270 g/mol. The predicted octanol–water partition coefficient (Wildman–Crippen LogP) is -0.110. The van der Waals surface area contributed by atoms with Crippen molar-refractivity contribution in [2.24, 2.45) is 10.2 Å². The summed E-state index contributed by atoms with van der Waals surface area (Å²) in [6.45, 7) is 3.15. The fraction of sp³-hybridized carbons (Fsp3) is 0.714. The summed E-state index contributed by atoms with van der Waals surface area (Å²) in [5.41, 5.74) is -0.394. The van der Waals surface area contributed by atoms with Gasteiger partial charge in [0.15, 0.2) is 5.66 Å². The molecule has 0 atom stereocenters. The average molecular weight is 291 g/mol. The Labute approximate surface area is 124 Å². The zero-order valence-electron chi connectivity index (χ0n) is 12.1. The molecule has 2 N–H and O–H groups in total. The number of nitrogens with one attached hydrogen (secondary N) is 2. The molecule has 0 unspecified atom stereocenters. The first-order chi connectivity index (χ1) is 10.1. The predicted molar refractivity (Wildman–Crippen MR) is 77.3 cm³/mol. The maximum Gasteiger partial charge on any atom is 0.234 e. The fourth-order valence-corrected chi connectivity index (χ4v) is 2.31. The Morgan fingerprint density at radius 1 is 1.48 bits per heavy atom. The third kappa shape index (κ3) is 5.16. The van der Waals surface area contributed by atoms with Crippen molar-refractivity contribution in [1.29, 1.82) is 0 Å². The normalized spacial score (nSPS) is 19.7. The molecule has 0 aromatic rings. The highest BCUT2D eigenvalue weighted by Gasteiger charge is 2.39. The number of amides is 2. The molecule has 0 saturated carbocycles. The van der Waals surface area contributed by atoms with Crippen molar-refractivity contribution in [3.63, 3.8) is 0 Å². The molecule has 1 fully saturated rings. The Kier molecular flexibility index (Phi) is 5.28. The van der Waals surface area contributed by atoms with E-state index >= 15 is 0 Å². The zero-order chi connectivity index (χ0) is 15.1. The van der Waals surface area contributed by atoms with E-state index in [0.717, 1.165) is 13.0 Å². The molecule has 0 aromatic carbocycles. The van der Waals surface area contributed by atoms with Crippen LogP contribution in [0.1, 0.15) is 25.7 Å². The molecule has 0 spiro atoms. The first kappa shape index (κ1) is 15.4. The van der Waals surface area contributed by atoms with Gasteiger partial charge in [-0.15, -0.1) is 12.3 Å². The first-order valence-corrected chi connectivity index (χ1v) is 7.27. The molecule has 0 radical (unpaired) electrons. The molecule has 2 amide bonds. The minimum absolute atomic E-state index is 0.00570. The highest BCUT2D eigenvalue weighted by Crippen LogP contribution is 2.37. The molecule has 0 aliphatic carbocycles. The summed E-state index contributed by atoms with van der Waals surface area (Å²) in [7, 11) is 0. The largest absolute Gasteiger partial charge is 0.355 e. The van der Waals surface area contributed by atoms with Crippen LogP contribution in [0.4, 0.5) is 0 Å². The van der Waals surface area contributed by atoms with Crippen LogP contribution in [0.5, 0.6) is 0 Å². The third-order valence-electron chi connectivity index (χ3n) is 3.67. The molecule has 0 aromatic heterocycles. The second-order valence-electron chi connectivity index (χ2n) is 5.36. The van der Waals surface area contributed by atoms with Crippen molar-refractivity contribution >= 4 is 11.8 Å². The van der Waals surface area contributed by atoms with Gasteiger partial charge in [0.1, 0.15) is 0 Å². The number of carbonyl (C=O) groups is 2. The fourth-order valence-electron chi connectivity index (χ4n) is 2.31. The SMILES string of the molecule is C#CCCC1(CCC(=O)NCCN2CCNC(=O)C2)N=N1. The van der Waals surface area contributed by atoms with E-state index in [1.165, 1.54) is 0 Å². The summed E-state index contributed by atoms with van der Waals surface area (Å²) < 4.78 is 0. The number of terminal acetylenes is 1. The number of rotatable bonds is 8. The Morgan fingerprint density at radius 3 is 2.95 bits per heavy atom. The Hall–Kier alpha value is -1.94. The third-order valence-corrected chi connectivity index (χ3v) is 3.67. The molecule has 2 heterocycles. The lowest BCUT2D eigenvalue weighted by Crippen LogP contribution is -2.49. The Morgan fingerprint density at radius 2 is 2.29 bits per heavy atom. The van der Waals surface area contributed by atoms with E-state index in [4.69, 9.17) is 6.42 Å². The number of hydrogen-bond acceptors (Lipinski definition) is 5. The van der Waals surface area contributed by atoms with Gasteiger partial charge < -0.3 is 10.6 Å². The van der Waals surface area contributed by atoms with E-state index in [-0.39, 0.29) is 11.8 Å². The standard InChI is InChI=1S/C14H21N5O2/c1-2-3-5-14(17-18-14)6-4-12(20)15-7-9-19-10-8-16-13(21)11-19/h1H,3-11H2,(H,15,20)(H,16,21). The number of carbonyl (C=O) groups excluding carboxylic acids is 2. The van der Waals surface area contributed by atoms with Crippen LogP contribution in [0.25, 0.3) is 0 Å². The van der Waals surface area contributed by atoms with E-state index in [0.29, 0.717) is 45.4 Å². The Balaban J connectivity index is 1.56. The van der Waals surface area contributed by atoms with Gasteiger partial charge in [-0.05, 0) is 0 Å². The molecule has 7 nitrogen and oxygen atoms in total. The lowest BCUT2D eigenvalue weighted by Gasteiger charge is -2.26. The minimum atomic E-state index is -0.394. The van der Waals surface area contributed by atoms with Gasteiger partial charge in [-0.2, -0.15) is 10.2 Å². The summed E-state index contributed by atoms with van der Waals surface area (Å²) in [6, 6.07) is 0. The summed E-state index contributed by atoms with van der Waals surface area (Å²) in [4.78, 5) is 25.0. The second-order valence-corrected chi connectivity index (χ2v) is 5.36. The molecule has 21 heavy (non-hydrogen) atoms. The van der Waals surface area contributed by atoms with Gasteiger partial charge in [0, 0.05) is 51.9 Å². The van der Waals surface area contributed by atoms with Crippen LogP contribution >= 0.6 is 0 Å². The van der Waals surface area contributed by atoms with Gasteiger partial charge in [0.2, 0.25) is 11.8 Å². The number of piperazine rings is 1. The maximum atomic E-state index is 11.8. The molecular formula is C14H21N5O2. The zero-order valence-corrected chi connectivity index (χ0v) is 12.1. The highest BCUT2D eigenvalue weighted by molar-refractivity contribution is 5.78. The van der Waals surface area contributed by atoms with Crippen molar-refractivity contribution < 1.29 is 9.59 Å². The van der Waals surface area contributed by atoms with Gasteiger partial charge in [-0.1, -0.05) is 0 Å². The van der Waals surface area contributed by atoms with Gasteiger partial charge >= 0.3 is 0 Å². The summed E-state index contributed by atoms with van der Waals surface area (Å²) >= 11 is 0. The van der Waals surface area contributed by atoms with Crippen LogP contribution in [0.15, 0.2) is 10.2 Å². The molecule has 114 valence electrons. The lowest BCUT2D eigenvalue weighted by molar-refractivity contribution is -0.124. The highest BCUT2D eigenvalue weighted by atomic mass is 16.2. The summed E-state index contributed by atoms with van der Waals surface area (Å²) in [6.07, 6.45) is 7.59. The van der Waals surface area contributed by atoms with Crippen molar-refractivity contribution in [2.45, 2.75) is 31.3 Å². The van der Waals surface area contributed by atoms with Crippen LogP contribution in [-0.2, 0) is 9.59 Å². The monoisotopic (exact) mass is 291 g/mol. The Bertz CT molecular complexity index is 462. The molecule has 0 bridgehead atoms. The minimum Gasteiger partial charge on any atom is -0.355 e. The number of hydrogen-bond donors (Lipinski definition) is 2. The van der Waals surface area contributed by atoms with Crippen molar-refractivity contribution in [2.75, 3.05) is 32.7 Å². The van der Waals surface area contributed by atoms with E-state index in [9.17, 15) is 9.59 Å². The summed E-state index contributed by atoms with van der Waals surface area (Å²) in [5.74, 6) is 2.60. The number of nitrogens with zero attached hydrogens (tertiary/aromatic N) is 3. The van der Waals surface area contributed by atoms with E-state index in [2.05, 4.69) is 26.8 Å². The average Bonchev–Trinajstić information content (AvgIpc) is 3.24. The van der Waals surface area contributed by atoms with Crippen LogP contribution in [0, 0.1) is 12.3 Å². The van der Waals surface area contributed by atoms with Gasteiger partial charge in [0.25, 0.3) is 0 Å². The first-order valence-electron chi connectivity index (χ1n) is 7.27. The second kappa shape index (κ2) is 7.18. The van der Waals surface area contributed by atoms with Crippen molar-refractivity contribution in [3.05, 3.63) is 0 Å². The van der Waals surface area contributed by atoms with Crippen LogP contribution < -0.4 is 10.6 Å². The van der Waals surface area contributed by atoms with Crippen molar-refractivity contribution in [3.8, 4) is 12.3 Å². The topological polar surface area (TPSA) is 86.2 Å². The van der Waals surface area contributed by atoms with Gasteiger partial charge in [-0.3, -0.25) is 14.5 Å². The molecule has 2 rings (SSSR count). The van der Waals surface area contributed by atoms with Crippen LogP contribution in [-0.4, -0.2) is 55.1 Å². The van der Waals surface area contributed by atoms with Gasteiger partial charge in [-0.25, -0.2) is 0 Å². The van der Waals surface area contributed by atoms with E-state index in [1.54, 1.807) is 0 Å². The van der Waals surface area contributed by atoms with Gasteiger partial charge in [0.05, 0.1) is 6.54 Å². The van der Waals surface area contributed by atoms with E-state index < -0.39 is 5.66 Å². The maximum absolute atomic E-state index is 11.8. The molecule has 1 saturated heterocycles. The molecule has 2 aliphatic rings. The van der Waals surface area contributed by atoms with E-state index in [1.807, 2.05) is 4.90 Å². The smallest absolute Gasteiger partial charge is 0.234 e. The molecule has 7 heteroatoms. The van der Waals surface area contributed by atoms with Crippen molar-refractivity contribution in [1.82, 2.24) is 15.5 Å². The lowest BCUT2D eigenvalue weighted by atomic mass is 10.0. The van der Waals surface area contributed by atoms with Crippen LogP contribution in [0.2, 0.25) is 0 Å². The molecule has 2 aliphatic heterocycles. The quantitative estimate of drug-likeness (QED) is 0.612.